The van der Waals surface area contributed by atoms with Crippen molar-refractivity contribution in [2.24, 2.45) is 11.3 Å². The third-order valence-corrected chi connectivity index (χ3v) is 5.67. The van der Waals surface area contributed by atoms with Gasteiger partial charge >= 0.3 is 5.97 Å². The van der Waals surface area contributed by atoms with Gasteiger partial charge in [0.2, 0.25) is 11.8 Å². The summed E-state index contributed by atoms with van der Waals surface area (Å²) >= 11 is 0. The molecule has 1 aliphatic carbocycles. The average molecular weight is 344 g/mol. The zero-order chi connectivity index (χ0) is 18.0. The number of carbonyl (C=O) groups is 3. The fourth-order valence-electron chi connectivity index (χ4n) is 4.68. The van der Waals surface area contributed by atoms with Crippen molar-refractivity contribution in [3.05, 3.63) is 11.3 Å². The average Bonchev–Trinajstić information content (AvgIpc) is 2.77. The minimum Gasteiger partial charge on any atom is -0.468 e. The van der Waals surface area contributed by atoms with Gasteiger partial charge in [-0.3, -0.25) is 14.4 Å². The summed E-state index contributed by atoms with van der Waals surface area (Å²) in [5, 5.41) is 2.61. The first-order valence-corrected chi connectivity index (χ1v) is 8.88. The molecule has 1 fully saturated rings. The Morgan fingerprint density at radius 3 is 2.84 bits per heavy atom. The van der Waals surface area contributed by atoms with Gasteiger partial charge in [-0.2, -0.15) is 0 Å². The molecule has 6 heteroatoms. The molecule has 0 radical (unpaired) electrons. The first-order chi connectivity index (χ1) is 12.1. The topological polar surface area (TPSA) is 75.7 Å². The van der Waals surface area contributed by atoms with Gasteiger partial charge in [-0.05, 0) is 37.7 Å². The molecule has 0 bridgehead atoms. The third kappa shape index (κ3) is 2.72. The lowest BCUT2D eigenvalue weighted by Gasteiger charge is -2.34. The molecule has 134 valence electrons. The van der Waals surface area contributed by atoms with Crippen molar-refractivity contribution >= 4 is 17.8 Å². The van der Waals surface area contributed by atoms with Gasteiger partial charge in [-0.15, -0.1) is 6.42 Å². The predicted molar refractivity (Wildman–Crippen MR) is 90.8 cm³/mol. The van der Waals surface area contributed by atoms with E-state index in [1.807, 2.05) is 0 Å². The van der Waals surface area contributed by atoms with Crippen molar-refractivity contribution in [1.29, 1.82) is 0 Å². The number of methoxy groups -OCH3 is 1. The van der Waals surface area contributed by atoms with E-state index in [2.05, 4.69) is 11.2 Å². The minimum atomic E-state index is -1.02. The molecule has 25 heavy (non-hydrogen) atoms. The van der Waals surface area contributed by atoms with Crippen LogP contribution in [0.2, 0.25) is 0 Å². The van der Waals surface area contributed by atoms with Gasteiger partial charge in [0, 0.05) is 18.7 Å². The number of amides is 2. The number of hydrogen-bond donors (Lipinski definition) is 1. The molecule has 0 aromatic rings. The largest absolute Gasteiger partial charge is 0.468 e. The van der Waals surface area contributed by atoms with E-state index in [4.69, 9.17) is 11.2 Å². The third-order valence-electron chi connectivity index (χ3n) is 5.67. The van der Waals surface area contributed by atoms with Crippen molar-refractivity contribution in [2.45, 2.75) is 44.9 Å². The molecule has 3 rings (SSSR count). The number of allylic oxidation sites excluding steroid dienone is 1. The van der Waals surface area contributed by atoms with Crippen molar-refractivity contribution in [1.82, 2.24) is 10.2 Å². The highest BCUT2D eigenvalue weighted by atomic mass is 16.5. The van der Waals surface area contributed by atoms with Crippen LogP contribution < -0.4 is 5.32 Å². The number of nitrogens with zero attached hydrogens (tertiary/aromatic N) is 1. The van der Waals surface area contributed by atoms with Gasteiger partial charge < -0.3 is 15.0 Å². The van der Waals surface area contributed by atoms with Crippen LogP contribution in [0, 0.1) is 23.7 Å². The van der Waals surface area contributed by atoms with Crippen LogP contribution in [0.3, 0.4) is 0 Å². The standard InChI is InChI=1S/C19H24N2O4/c1-3-10-20-15(22)12-14-17(23)21-11-6-8-13-7-4-5-9-19(14,16(13)21)18(24)25-2/h1,14H,4-12H2,2H3,(H,20,22)/t14-,19-/m1/s1. The van der Waals surface area contributed by atoms with Crippen LogP contribution in [0.25, 0.3) is 0 Å². The van der Waals surface area contributed by atoms with Crippen LogP contribution in [0.5, 0.6) is 0 Å². The Labute approximate surface area is 148 Å². The van der Waals surface area contributed by atoms with Crippen LogP contribution in [-0.2, 0) is 19.1 Å². The molecule has 0 unspecified atom stereocenters. The summed E-state index contributed by atoms with van der Waals surface area (Å²) in [7, 11) is 1.35. The number of esters is 1. The normalized spacial score (nSPS) is 28.1. The van der Waals surface area contributed by atoms with Crippen LogP contribution in [0.1, 0.15) is 44.9 Å². The summed E-state index contributed by atoms with van der Waals surface area (Å²) in [4.78, 5) is 40.0. The molecule has 6 nitrogen and oxygen atoms in total. The second-order valence-corrected chi connectivity index (χ2v) is 6.95. The van der Waals surface area contributed by atoms with Gasteiger partial charge in [-0.1, -0.05) is 12.3 Å². The monoisotopic (exact) mass is 344 g/mol. The van der Waals surface area contributed by atoms with E-state index in [1.165, 1.54) is 12.7 Å². The summed E-state index contributed by atoms with van der Waals surface area (Å²) in [5.41, 5.74) is 1.00. The van der Waals surface area contributed by atoms with E-state index in [-0.39, 0.29) is 24.8 Å². The first-order valence-electron chi connectivity index (χ1n) is 8.88. The number of hydrogen-bond acceptors (Lipinski definition) is 4. The highest BCUT2D eigenvalue weighted by Crippen LogP contribution is 2.56. The van der Waals surface area contributed by atoms with E-state index in [1.54, 1.807) is 4.90 Å². The Balaban J connectivity index is 2.05. The van der Waals surface area contributed by atoms with Crippen molar-refractivity contribution in [2.75, 3.05) is 20.2 Å². The van der Waals surface area contributed by atoms with Crippen LogP contribution in [0.15, 0.2) is 11.3 Å². The number of terminal acetylenes is 1. The fourth-order valence-corrected chi connectivity index (χ4v) is 4.68. The Bertz CT molecular complexity index is 675. The van der Waals surface area contributed by atoms with E-state index in [0.29, 0.717) is 13.0 Å². The van der Waals surface area contributed by atoms with Gasteiger partial charge in [0.05, 0.1) is 19.6 Å². The number of rotatable bonds is 4. The maximum Gasteiger partial charge on any atom is 0.318 e. The SMILES string of the molecule is C#CCNC(=O)C[C@@H]1C(=O)N2CCCC3=C2[C@@]1(C(=O)OC)CCCC3. The summed E-state index contributed by atoms with van der Waals surface area (Å²) in [5.74, 6) is 0.820. The minimum absolute atomic E-state index is 0.0388. The number of nitrogens with one attached hydrogen (secondary N) is 1. The van der Waals surface area contributed by atoms with Gasteiger partial charge in [0.15, 0.2) is 0 Å². The molecule has 2 amide bonds. The van der Waals surface area contributed by atoms with Crippen LogP contribution in [-0.4, -0.2) is 42.9 Å². The molecular formula is C19H24N2O4. The van der Waals surface area contributed by atoms with Crippen LogP contribution >= 0.6 is 0 Å². The lowest BCUT2D eigenvalue weighted by Crippen LogP contribution is -2.42. The van der Waals surface area contributed by atoms with Gasteiger partial charge in [-0.25, -0.2) is 0 Å². The predicted octanol–water partition coefficient (Wildman–Crippen LogP) is 1.37. The van der Waals surface area contributed by atoms with Gasteiger partial charge in [0.1, 0.15) is 5.41 Å². The van der Waals surface area contributed by atoms with E-state index in [9.17, 15) is 14.4 Å². The van der Waals surface area contributed by atoms with Crippen molar-refractivity contribution < 1.29 is 19.1 Å². The van der Waals surface area contributed by atoms with E-state index in [0.717, 1.165) is 37.8 Å². The van der Waals surface area contributed by atoms with Gasteiger partial charge in [0.25, 0.3) is 0 Å². The van der Waals surface area contributed by atoms with E-state index < -0.39 is 17.3 Å². The second kappa shape index (κ2) is 6.91. The molecule has 2 aliphatic heterocycles. The zero-order valence-electron chi connectivity index (χ0n) is 14.6. The Hall–Kier alpha value is -2.29. The first kappa shape index (κ1) is 17.5. The molecule has 1 saturated heterocycles. The molecule has 1 N–H and O–H groups in total. The molecular weight excluding hydrogens is 320 g/mol. The molecule has 2 atom stereocenters. The highest BCUT2D eigenvalue weighted by molar-refractivity contribution is 5.99. The quantitative estimate of drug-likeness (QED) is 0.617. The molecule has 0 aromatic heterocycles. The lowest BCUT2D eigenvalue weighted by atomic mass is 9.70. The second-order valence-electron chi connectivity index (χ2n) is 6.95. The summed E-state index contributed by atoms with van der Waals surface area (Å²) in [6, 6.07) is 0. The Kier molecular flexibility index (Phi) is 4.85. The fraction of sp³-hybridized carbons (Fsp3) is 0.632. The summed E-state index contributed by atoms with van der Waals surface area (Å²) in [6.07, 6.45) is 10.3. The smallest absolute Gasteiger partial charge is 0.318 e. The number of carbonyl (C=O) groups excluding carboxylic acids is 3. The van der Waals surface area contributed by atoms with Crippen molar-refractivity contribution in [3.63, 3.8) is 0 Å². The maximum atomic E-state index is 13.1. The molecule has 0 saturated carbocycles. The van der Waals surface area contributed by atoms with Crippen molar-refractivity contribution in [3.8, 4) is 12.3 Å². The number of ether oxygens (including phenoxy) is 1. The Morgan fingerprint density at radius 1 is 1.36 bits per heavy atom. The Morgan fingerprint density at radius 2 is 2.12 bits per heavy atom. The van der Waals surface area contributed by atoms with E-state index >= 15 is 0 Å². The summed E-state index contributed by atoms with van der Waals surface area (Å²) in [6.45, 7) is 0.724. The maximum absolute atomic E-state index is 13.1. The molecule has 0 spiro atoms. The van der Waals surface area contributed by atoms with Crippen LogP contribution in [0.4, 0.5) is 0 Å². The summed E-state index contributed by atoms with van der Waals surface area (Å²) < 4.78 is 5.14. The molecule has 3 aliphatic rings. The molecule has 0 aromatic carbocycles. The lowest BCUT2D eigenvalue weighted by molar-refractivity contribution is -0.155. The highest BCUT2D eigenvalue weighted by Gasteiger charge is 2.62. The molecule has 2 heterocycles. The zero-order valence-corrected chi connectivity index (χ0v) is 14.6.